The fraction of sp³-hybridized carbons (Fsp3) is 0.300. The maximum atomic E-state index is 12.7. The molecule has 31 heavy (non-hydrogen) atoms. The molecular weight excluding hydrogens is 444 g/mol. The van der Waals surface area contributed by atoms with Gasteiger partial charge in [-0.25, -0.2) is 0 Å². The highest BCUT2D eigenvalue weighted by Gasteiger charge is 2.22. The van der Waals surface area contributed by atoms with Gasteiger partial charge in [0.25, 0.3) is 11.8 Å². The zero-order chi connectivity index (χ0) is 22.4. The topological polar surface area (TPSA) is 117 Å². The van der Waals surface area contributed by atoms with Crippen LogP contribution in [0.5, 0.6) is 0 Å². The minimum atomic E-state index is -0.975. The third-order valence-electron chi connectivity index (χ3n) is 4.39. The van der Waals surface area contributed by atoms with Crippen LogP contribution in [0.3, 0.4) is 0 Å². The summed E-state index contributed by atoms with van der Waals surface area (Å²) >= 11 is 6.95. The van der Waals surface area contributed by atoms with Gasteiger partial charge >= 0.3 is 0 Å². The van der Waals surface area contributed by atoms with Gasteiger partial charge in [-0.05, 0) is 36.4 Å². The van der Waals surface area contributed by atoms with Crippen LogP contribution in [0.2, 0.25) is 4.34 Å². The molecule has 1 aliphatic heterocycles. The predicted octanol–water partition coefficient (Wildman–Crippen LogP) is 1.64. The summed E-state index contributed by atoms with van der Waals surface area (Å²) in [6.07, 6.45) is 0. The number of benzene rings is 1. The molecule has 0 saturated carbocycles. The monoisotopic (exact) mass is 464 g/mol. The molecule has 1 atom stereocenters. The molecule has 164 valence electrons. The van der Waals surface area contributed by atoms with Crippen LogP contribution in [-0.4, -0.2) is 56.0 Å². The van der Waals surface area contributed by atoms with Crippen molar-refractivity contribution in [1.29, 1.82) is 0 Å². The Labute approximate surface area is 187 Å². The van der Waals surface area contributed by atoms with Crippen molar-refractivity contribution in [3.63, 3.8) is 0 Å². The number of halogens is 1. The van der Waals surface area contributed by atoms with E-state index in [4.69, 9.17) is 16.3 Å². The second-order valence-corrected chi connectivity index (χ2v) is 8.42. The van der Waals surface area contributed by atoms with E-state index in [9.17, 15) is 19.2 Å². The van der Waals surface area contributed by atoms with Gasteiger partial charge in [-0.2, -0.15) is 0 Å². The maximum Gasteiger partial charge on any atom is 0.261 e. The lowest BCUT2D eigenvalue weighted by molar-refractivity contribution is -0.125. The summed E-state index contributed by atoms with van der Waals surface area (Å²) in [4.78, 5) is 50.3. The first kappa shape index (κ1) is 22.7. The first-order chi connectivity index (χ1) is 14.8. The summed E-state index contributed by atoms with van der Waals surface area (Å²) in [5.74, 6) is -1.42. The Bertz CT molecular complexity index is 978. The summed E-state index contributed by atoms with van der Waals surface area (Å²) in [6, 6.07) is 8.96. The predicted molar refractivity (Wildman–Crippen MR) is 118 cm³/mol. The third-order valence-corrected chi connectivity index (χ3v) is 5.62. The van der Waals surface area contributed by atoms with Crippen LogP contribution >= 0.6 is 22.9 Å². The number of nitrogens with one attached hydrogen (secondary N) is 3. The lowest BCUT2D eigenvalue weighted by Gasteiger charge is -2.27. The first-order valence-electron chi connectivity index (χ1n) is 9.43. The van der Waals surface area contributed by atoms with Gasteiger partial charge in [0.2, 0.25) is 11.8 Å². The summed E-state index contributed by atoms with van der Waals surface area (Å²) in [7, 11) is 0. The number of thiophene rings is 1. The summed E-state index contributed by atoms with van der Waals surface area (Å²) in [5, 5.41) is 7.85. The number of rotatable bonds is 7. The zero-order valence-electron chi connectivity index (χ0n) is 16.6. The number of morpholine rings is 1. The number of ether oxygens (including phenoxy) is 1. The van der Waals surface area contributed by atoms with Crippen LogP contribution in [0, 0.1) is 0 Å². The Morgan fingerprint density at radius 2 is 1.94 bits per heavy atom. The highest BCUT2D eigenvalue weighted by molar-refractivity contribution is 7.18. The van der Waals surface area contributed by atoms with E-state index in [0.717, 1.165) is 11.3 Å². The third kappa shape index (κ3) is 6.27. The van der Waals surface area contributed by atoms with Crippen LogP contribution in [0.1, 0.15) is 16.6 Å². The zero-order valence-corrected chi connectivity index (χ0v) is 18.2. The number of amides is 4. The molecule has 0 bridgehead atoms. The molecule has 2 aromatic rings. The molecule has 3 N–H and O–H groups in total. The fourth-order valence-electron chi connectivity index (χ4n) is 2.92. The summed E-state index contributed by atoms with van der Waals surface area (Å²) < 4.78 is 5.59. The summed E-state index contributed by atoms with van der Waals surface area (Å²) in [6.45, 7) is 2.16. The Morgan fingerprint density at radius 3 is 2.55 bits per heavy atom. The molecule has 0 unspecified atom stereocenters. The number of hydrogen-bond donors (Lipinski definition) is 3. The fourth-order valence-corrected chi connectivity index (χ4v) is 3.88. The van der Waals surface area contributed by atoms with E-state index in [2.05, 4.69) is 16.0 Å². The number of anilines is 2. The molecule has 1 fully saturated rings. The largest absolute Gasteiger partial charge is 0.370 e. The normalized spacial score (nSPS) is 14.6. The van der Waals surface area contributed by atoms with Crippen molar-refractivity contribution in [3.05, 3.63) is 45.6 Å². The molecule has 1 aromatic heterocycles. The summed E-state index contributed by atoms with van der Waals surface area (Å²) in [5.41, 5.74) is 1.19. The smallest absolute Gasteiger partial charge is 0.261 e. The lowest BCUT2D eigenvalue weighted by atomic mass is 10.2. The van der Waals surface area contributed by atoms with E-state index in [0.29, 0.717) is 33.7 Å². The van der Waals surface area contributed by atoms with Crippen molar-refractivity contribution < 1.29 is 23.9 Å². The molecule has 3 rings (SSSR count). The van der Waals surface area contributed by atoms with Gasteiger partial charge in [0.1, 0.15) is 12.6 Å². The number of hydrogen-bond acceptors (Lipinski definition) is 6. The second-order valence-electron chi connectivity index (χ2n) is 6.70. The van der Waals surface area contributed by atoms with Gasteiger partial charge in [-0.15, -0.1) is 11.3 Å². The first-order valence-corrected chi connectivity index (χ1v) is 10.6. The van der Waals surface area contributed by atoms with E-state index >= 15 is 0 Å². The Balaban J connectivity index is 1.61. The van der Waals surface area contributed by atoms with Crippen molar-refractivity contribution in [2.75, 3.05) is 36.5 Å². The van der Waals surface area contributed by atoms with Crippen molar-refractivity contribution in [2.45, 2.75) is 13.0 Å². The molecule has 2 heterocycles. The van der Waals surface area contributed by atoms with Gasteiger partial charge in [-0.3, -0.25) is 19.2 Å². The Kier molecular flexibility index (Phi) is 7.61. The molecule has 0 aliphatic carbocycles. The van der Waals surface area contributed by atoms with Gasteiger partial charge in [-0.1, -0.05) is 11.6 Å². The quantitative estimate of drug-likeness (QED) is 0.576. The SMILES string of the molecule is CC(=O)N[C@H](CNC(=O)c1ccc(Cl)s1)C(=O)Nc1ccc(N2CCOCC2=O)cc1. The second kappa shape index (κ2) is 10.4. The minimum Gasteiger partial charge on any atom is -0.370 e. The van der Waals surface area contributed by atoms with Gasteiger partial charge in [0.05, 0.1) is 15.8 Å². The Hall–Kier alpha value is -2.95. The lowest BCUT2D eigenvalue weighted by Crippen LogP contribution is -2.50. The number of carbonyl (C=O) groups excluding carboxylic acids is 4. The van der Waals surface area contributed by atoms with E-state index in [1.54, 1.807) is 41.3 Å². The van der Waals surface area contributed by atoms with Gasteiger partial charge in [0, 0.05) is 31.4 Å². The van der Waals surface area contributed by atoms with Crippen LogP contribution in [0.4, 0.5) is 11.4 Å². The van der Waals surface area contributed by atoms with Crippen molar-refractivity contribution in [2.24, 2.45) is 0 Å². The average Bonchev–Trinajstić information content (AvgIpc) is 3.18. The maximum absolute atomic E-state index is 12.7. The number of nitrogens with zero attached hydrogens (tertiary/aromatic N) is 1. The van der Waals surface area contributed by atoms with Crippen LogP contribution in [-0.2, 0) is 19.1 Å². The number of carbonyl (C=O) groups is 4. The van der Waals surface area contributed by atoms with E-state index in [-0.39, 0.29) is 25.0 Å². The highest BCUT2D eigenvalue weighted by Crippen LogP contribution is 2.21. The molecular formula is C20H21ClN4O5S. The van der Waals surface area contributed by atoms with Crippen molar-refractivity contribution in [3.8, 4) is 0 Å². The van der Waals surface area contributed by atoms with Gasteiger partial charge in [0.15, 0.2) is 0 Å². The molecule has 4 amide bonds. The standard InChI is InChI=1S/C20H21ClN4O5S/c1-12(26)23-15(10-22-20(29)16-6-7-17(21)31-16)19(28)24-13-2-4-14(5-3-13)25-8-9-30-11-18(25)27/h2-7,15H,8-11H2,1H3,(H,22,29)(H,23,26)(H,24,28)/t15-/m1/s1. The van der Waals surface area contributed by atoms with Crippen LogP contribution in [0.15, 0.2) is 36.4 Å². The molecule has 0 spiro atoms. The average molecular weight is 465 g/mol. The van der Waals surface area contributed by atoms with Crippen LogP contribution < -0.4 is 20.9 Å². The van der Waals surface area contributed by atoms with E-state index in [1.165, 1.54) is 6.92 Å². The molecule has 0 radical (unpaired) electrons. The van der Waals surface area contributed by atoms with Crippen molar-refractivity contribution in [1.82, 2.24) is 10.6 Å². The minimum absolute atomic E-state index is 0.0419. The van der Waals surface area contributed by atoms with E-state index in [1.807, 2.05) is 0 Å². The molecule has 1 aliphatic rings. The van der Waals surface area contributed by atoms with Gasteiger partial charge < -0.3 is 25.6 Å². The molecule has 1 saturated heterocycles. The molecule has 11 heteroatoms. The van der Waals surface area contributed by atoms with Crippen LogP contribution in [0.25, 0.3) is 0 Å². The molecule has 1 aromatic carbocycles. The highest BCUT2D eigenvalue weighted by atomic mass is 35.5. The molecule has 9 nitrogen and oxygen atoms in total. The van der Waals surface area contributed by atoms with E-state index < -0.39 is 17.9 Å². The Morgan fingerprint density at radius 1 is 1.19 bits per heavy atom. The van der Waals surface area contributed by atoms with Crippen molar-refractivity contribution >= 4 is 57.9 Å².